The van der Waals surface area contributed by atoms with E-state index in [0.717, 1.165) is 10.8 Å². The lowest BCUT2D eigenvalue weighted by atomic mass is 10.1. The number of hydrogen-bond acceptors (Lipinski definition) is 4. The van der Waals surface area contributed by atoms with Crippen molar-refractivity contribution in [3.05, 3.63) is 48.0 Å². The van der Waals surface area contributed by atoms with Crippen molar-refractivity contribution in [3.63, 3.8) is 0 Å². The molecule has 1 atom stereocenters. The molecule has 2 amide bonds. The number of amides is 2. The van der Waals surface area contributed by atoms with Crippen molar-refractivity contribution >= 4 is 40.0 Å². The molecule has 0 radical (unpaired) electrons. The zero-order valence-corrected chi connectivity index (χ0v) is 13.1. The fourth-order valence-electron chi connectivity index (χ4n) is 2.86. The number of aromatic nitrogens is 3. The lowest BCUT2D eigenvalue weighted by Crippen LogP contribution is -2.35. The second-order valence-electron chi connectivity index (χ2n) is 5.34. The van der Waals surface area contributed by atoms with Crippen LogP contribution in [0.4, 0.5) is 16.4 Å². The number of pyridine rings is 1. The molecule has 8 heteroatoms. The Bertz CT molecular complexity index is 973. The first-order valence-corrected chi connectivity index (χ1v) is 7.60. The summed E-state index contributed by atoms with van der Waals surface area (Å²) in [5.41, 5.74) is 0.602. The van der Waals surface area contributed by atoms with E-state index in [4.69, 9.17) is 11.6 Å². The van der Waals surface area contributed by atoms with Crippen molar-refractivity contribution in [2.45, 2.75) is 6.04 Å². The second kappa shape index (κ2) is 5.51. The number of anilines is 2. The van der Waals surface area contributed by atoms with Gasteiger partial charge >= 0.3 is 6.03 Å². The summed E-state index contributed by atoms with van der Waals surface area (Å²) in [5, 5.41) is 11.6. The molecule has 1 aliphatic heterocycles. The Morgan fingerprint density at radius 3 is 2.88 bits per heavy atom. The topological polar surface area (TPSA) is 88.9 Å². The molecule has 1 fully saturated rings. The van der Waals surface area contributed by atoms with Gasteiger partial charge in [-0.1, -0.05) is 35.9 Å². The molecule has 0 bridgehead atoms. The standard InChI is InChI=1S/C16H11ClN6O/c17-14-8-20-15(21-14)22-9-11(5-18)23(16(22)24)13-7-19-6-10-3-1-2-4-12(10)13/h1-4,6-8,11H,9H2,(H,20,21)/t11-/m1/s1. The molecule has 1 saturated heterocycles. The third-order valence-electron chi connectivity index (χ3n) is 3.95. The van der Waals surface area contributed by atoms with Crippen molar-refractivity contribution in [1.29, 1.82) is 5.26 Å². The number of aromatic amines is 1. The van der Waals surface area contributed by atoms with Crippen LogP contribution in [-0.4, -0.2) is 33.6 Å². The van der Waals surface area contributed by atoms with Crippen LogP contribution in [0.1, 0.15) is 0 Å². The molecule has 1 aliphatic rings. The van der Waals surface area contributed by atoms with E-state index in [9.17, 15) is 10.1 Å². The third kappa shape index (κ3) is 2.16. The van der Waals surface area contributed by atoms with E-state index in [1.807, 2.05) is 24.3 Å². The highest BCUT2D eigenvalue weighted by Gasteiger charge is 2.41. The molecular formula is C16H11ClN6O. The van der Waals surface area contributed by atoms with Crippen LogP contribution in [0.25, 0.3) is 10.8 Å². The Kier molecular flexibility index (Phi) is 3.32. The largest absolute Gasteiger partial charge is 0.332 e. The van der Waals surface area contributed by atoms with Gasteiger partial charge in [0.2, 0.25) is 5.95 Å². The van der Waals surface area contributed by atoms with E-state index >= 15 is 0 Å². The van der Waals surface area contributed by atoms with E-state index in [1.165, 1.54) is 16.0 Å². The zero-order chi connectivity index (χ0) is 16.7. The van der Waals surface area contributed by atoms with Gasteiger partial charge in [0, 0.05) is 17.0 Å². The number of hydrogen-bond donors (Lipinski definition) is 1. The molecule has 3 aromatic rings. The molecule has 7 nitrogen and oxygen atoms in total. The van der Waals surface area contributed by atoms with Gasteiger partial charge in [-0.3, -0.25) is 14.8 Å². The summed E-state index contributed by atoms with van der Waals surface area (Å²) >= 11 is 5.84. The molecule has 1 N–H and O–H groups in total. The molecule has 0 aliphatic carbocycles. The summed E-state index contributed by atoms with van der Waals surface area (Å²) in [6, 6.07) is 8.79. The normalized spacial score (nSPS) is 17.5. The lowest BCUT2D eigenvalue weighted by molar-refractivity contribution is 0.255. The summed E-state index contributed by atoms with van der Waals surface area (Å²) in [5.74, 6) is 0.320. The van der Waals surface area contributed by atoms with Crippen molar-refractivity contribution < 1.29 is 4.79 Å². The summed E-state index contributed by atoms with van der Waals surface area (Å²) in [6.07, 6.45) is 4.75. The predicted octanol–water partition coefficient (Wildman–Crippen LogP) is 2.95. The van der Waals surface area contributed by atoms with Gasteiger partial charge < -0.3 is 4.98 Å². The number of carbonyl (C=O) groups is 1. The SMILES string of the molecule is N#C[C@@H]1CN(c2ncc(Cl)[nH]2)C(=O)N1c1cncc2ccccc12. The Hall–Kier alpha value is -3.11. The first kappa shape index (κ1) is 14.5. The number of rotatable bonds is 2. The van der Waals surface area contributed by atoms with Crippen LogP contribution in [0.3, 0.4) is 0 Å². The lowest BCUT2D eigenvalue weighted by Gasteiger charge is -2.20. The van der Waals surface area contributed by atoms with Crippen LogP contribution < -0.4 is 9.80 Å². The summed E-state index contributed by atoms with van der Waals surface area (Å²) in [6.45, 7) is 0.197. The van der Waals surface area contributed by atoms with E-state index in [1.54, 1.807) is 12.4 Å². The third-order valence-corrected chi connectivity index (χ3v) is 4.14. The number of H-pyrrole nitrogens is 1. The number of halogens is 1. The number of nitrogens with one attached hydrogen (secondary N) is 1. The van der Waals surface area contributed by atoms with Gasteiger partial charge in [-0.05, 0) is 0 Å². The smallest absolute Gasteiger partial charge is 0.315 e. The van der Waals surface area contributed by atoms with Crippen LogP contribution in [0.15, 0.2) is 42.9 Å². The highest BCUT2D eigenvalue weighted by molar-refractivity contribution is 6.29. The average Bonchev–Trinajstić information content (AvgIpc) is 3.17. The van der Waals surface area contributed by atoms with Crippen LogP contribution in [-0.2, 0) is 0 Å². The molecule has 118 valence electrons. The van der Waals surface area contributed by atoms with Crippen molar-refractivity contribution in [2.24, 2.45) is 0 Å². The van der Waals surface area contributed by atoms with E-state index in [2.05, 4.69) is 21.0 Å². The van der Waals surface area contributed by atoms with Crippen molar-refractivity contribution in [3.8, 4) is 6.07 Å². The maximum atomic E-state index is 12.9. The van der Waals surface area contributed by atoms with Gasteiger partial charge in [0.1, 0.15) is 11.2 Å². The quantitative estimate of drug-likeness (QED) is 0.778. The van der Waals surface area contributed by atoms with Crippen LogP contribution in [0.2, 0.25) is 5.15 Å². The van der Waals surface area contributed by atoms with E-state index in [-0.39, 0.29) is 12.6 Å². The minimum atomic E-state index is -0.644. The second-order valence-corrected chi connectivity index (χ2v) is 5.75. The Labute approximate surface area is 142 Å². The molecular weight excluding hydrogens is 328 g/mol. The fourth-order valence-corrected chi connectivity index (χ4v) is 2.99. The maximum absolute atomic E-state index is 12.9. The summed E-state index contributed by atoms with van der Waals surface area (Å²) in [7, 11) is 0. The minimum absolute atomic E-state index is 0.197. The van der Waals surface area contributed by atoms with Gasteiger partial charge in [-0.15, -0.1) is 0 Å². The van der Waals surface area contributed by atoms with Crippen LogP contribution in [0, 0.1) is 11.3 Å². The number of nitriles is 1. The minimum Gasteiger partial charge on any atom is -0.315 e. The first-order valence-electron chi connectivity index (χ1n) is 7.22. The van der Waals surface area contributed by atoms with E-state index < -0.39 is 6.04 Å². The van der Waals surface area contributed by atoms with Gasteiger partial charge in [0.25, 0.3) is 0 Å². The van der Waals surface area contributed by atoms with Crippen molar-refractivity contribution in [1.82, 2.24) is 15.0 Å². The monoisotopic (exact) mass is 338 g/mol. The summed E-state index contributed by atoms with van der Waals surface area (Å²) < 4.78 is 0. The molecule has 3 heterocycles. The van der Waals surface area contributed by atoms with Crippen LogP contribution >= 0.6 is 11.6 Å². The first-order chi connectivity index (χ1) is 11.7. The van der Waals surface area contributed by atoms with Gasteiger partial charge in [0.05, 0.1) is 30.7 Å². The number of urea groups is 1. The Morgan fingerprint density at radius 2 is 2.12 bits per heavy atom. The number of imidazole rings is 1. The number of nitrogens with zero attached hydrogens (tertiary/aromatic N) is 5. The number of carbonyl (C=O) groups excluding carboxylic acids is 1. The highest BCUT2D eigenvalue weighted by Crippen LogP contribution is 2.32. The molecule has 0 saturated carbocycles. The number of fused-ring (bicyclic) bond motifs is 1. The highest BCUT2D eigenvalue weighted by atomic mass is 35.5. The molecule has 0 spiro atoms. The average molecular weight is 339 g/mol. The van der Waals surface area contributed by atoms with Gasteiger partial charge in [0.15, 0.2) is 0 Å². The van der Waals surface area contributed by atoms with Crippen molar-refractivity contribution in [2.75, 3.05) is 16.3 Å². The molecule has 0 unspecified atom stereocenters. The molecule has 2 aromatic heterocycles. The van der Waals surface area contributed by atoms with Crippen LogP contribution in [0.5, 0.6) is 0 Å². The zero-order valence-electron chi connectivity index (χ0n) is 12.3. The predicted molar refractivity (Wildman–Crippen MR) is 90.0 cm³/mol. The van der Waals surface area contributed by atoms with E-state index in [0.29, 0.717) is 16.8 Å². The van der Waals surface area contributed by atoms with Gasteiger partial charge in [-0.2, -0.15) is 5.26 Å². The Balaban J connectivity index is 1.81. The summed E-state index contributed by atoms with van der Waals surface area (Å²) in [4.78, 5) is 26.8. The fraction of sp³-hybridized carbons (Fsp3) is 0.125. The molecule has 1 aromatic carbocycles. The number of benzene rings is 1. The maximum Gasteiger partial charge on any atom is 0.332 e. The van der Waals surface area contributed by atoms with Gasteiger partial charge in [-0.25, -0.2) is 9.78 Å². The molecule has 24 heavy (non-hydrogen) atoms. The molecule has 4 rings (SSSR count). The Morgan fingerprint density at radius 1 is 1.29 bits per heavy atom.